The standard InChI is InChI=1S/C7H8N2O/c1-2-3-6-4-7(5-8)10-9-6/h4H,2-3H2,1H3. The Morgan fingerprint density at radius 3 is 3.10 bits per heavy atom. The third-order valence-electron chi connectivity index (χ3n) is 1.18. The second kappa shape index (κ2) is 3.02. The van der Waals surface area contributed by atoms with E-state index in [9.17, 15) is 0 Å². The molecule has 0 aliphatic heterocycles. The first-order valence-corrected chi connectivity index (χ1v) is 3.22. The van der Waals surface area contributed by atoms with Gasteiger partial charge in [0.2, 0.25) is 5.76 Å². The molecule has 0 radical (unpaired) electrons. The molecule has 0 aliphatic carbocycles. The number of nitriles is 1. The monoisotopic (exact) mass is 136 g/mol. The van der Waals surface area contributed by atoms with Gasteiger partial charge < -0.3 is 4.52 Å². The lowest BCUT2D eigenvalue weighted by atomic mass is 10.2. The van der Waals surface area contributed by atoms with Crippen molar-refractivity contribution in [2.75, 3.05) is 0 Å². The zero-order chi connectivity index (χ0) is 7.40. The normalized spacial score (nSPS) is 9.20. The summed E-state index contributed by atoms with van der Waals surface area (Å²) in [5, 5.41) is 12.0. The van der Waals surface area contributed by atoms with Crippen molar-refractivity contribution in [3.05, 3.63) is 17.5 Å². The predicted octanol–water partition coefficient (Wildman–Crippen LogP) is 1.50. The van der Waals surface area contributed by atoms with E-state index in [0.717, 1.165) is 18.5 Å². The molecule has 0 bridgehead atoms. The highest BCUT2D eigenvalue weighted by Gasteiger charge is 1.99. The average Bonchev–Trinajstić information content (AvgIpc) is 2.37. The number of hydrogen-bond acceptors (Lipinski definition) is 3. The number of hydrogen-bond donors (Lipinski definition) is 0. The van der Waals surface area contributed by atoms with E-state index >= 15 is 0 Å². The Morgan fingerprint density at radius 2 is 2.60 bits per heavy atom. The van der Waals surface area contributed by atoms with Crippen LogP contribution >= 0.6 is 0 Å². The molecular formula is C7H8N2O. The van der Waals surface area contributed by atoms with Crippen molar-refractivity contribution < 1.29 is 4.52 Å². The SMILES string of the molecule is CCCc1cc(C#N)on1. The van der Waals surface area contributed by atoms with Crippen LogP contribution in [-0.2, 0) is 6.42 Å². The Hall–Kier alpha value is -1.30. The highest BCUT2D eigenvalue weighted by Crippen LogP contribution is 2.03. The Morgan fingerprint density at radius 1 is 1.80 bits per heavy atom. The molecule has 52 valence electrons. The molecule has 1 heterocycles. The maximum Gasteiger partial charge on any atom is 0.236 e. The van der Waals surface area contributed by atoms with Crippen LogP contribution in [0, 0.1) is 11.3 Å². The van der Waals surface area contributed by atoms with Crippen LogP contribution in [0.15, 0.2) is 10.6 Å². The third kappa shape index (κ3) is 1.35. The minimum atomic E-state index is 0.295. The Labute approximate surface area is 59.2 Å². The van der Waals surface area contributed by atoms with E-state index in [4.69, 9.17) is 5.26 Å². The minimum Gasteiger partial charge on any atom is -0.345 e. The van der Waals surface area contributed by atoms with Crippen molar-refractivity contribution in [3.8, 4) is 6.07 Å². The highest BCUT2D eigenvalue weighted by atomic mass is 16.5. The molecular weight excluding hydrogens is 128 g/mol. The fourth-order valence-electron chi connectivity index (χ4n) is 0.738. The maximum absolute atomic E-state index is 8.34. The fourth-order valence-corrected chi connectivity index (χ4v) is 0.738. The molecule has 0 atom stereocenters. The summed E-state index contributed by atoms with van der Waals surface area (Å²) >= 11 is 0. The van der Waals surface area contributed by atoms with Gasteiger partial charge >= 0.3 is 0 Å². The molecule has 0 spiro atoms. The number of rotatable bonds is 2. The minimum absolute atomic E-state index is 0.295. The first-order chi connectivity index (χ1) is 4.86. The molecule has 3 nitrogen and oxygen atoms in total. The second-order valence-electron chi connectivity index (χ2n) is 2.04. The van der Waals surface area contributed by atoms with Gasteiger partial charge in [-0.1, -0.05) is 18.5 Å². The number of nitrogens with zero attached hydrogens (tertiary/aromatic N) is 2. The van der Waals surface area contributed by atoms with Crippen LogP contribution < -0.4 is 0 Å². The van der Waals surface area contributed by atoms with E-state index in [0.29, 0.717) is 5.76 Å². The van der Waals surface area contributed by atoms with Gasteiger partial charge in [-0.3, -0.25) is 0 Å². The highest BCUT2D eigenvalue weighted by molar-refractivity contribution is 5.17. The summed E-state index contributed by atoms with van der Waals surface area (Å²) in [5.74, 6) is 0.295. The third-order valence-corrected chi connectivity index (χ3v) is 1.18. The number of aromatic nitrogens is 1. The van der Waals surface area contributed by atoms with Gasteiger partial charge in [0.25, 0.3) is 0 Å². The molecule has 0 fully saturated rings. The van der Waals surface area contributed by atoms with Crippen molar-refractivity contribution in [2.24, 2.45) is 0 Å². The molecule has 0 aromatic carbocycles. The summed E-state index contributed by atoms with van der Waals surface area (Å²) in [6.45, 7) is 2.06. The van der Waals surface area contributed by atoms with Crippen LogP contribution in [0.25, 0.3) is 0 Å². The average molecular weight is 136 g/mol. The first-order valence-electron chi connectivity index (χ1n) is 3.22. The Kier molecular flexibility index (Phi) is 2.06. The fraction of sp³-hybridized carbons (Fsp3) is 0.429. The van der Waals surface area contributed by atoms with Crippen molar-refractivity contribution in [3.63, 3.8) is 0 Å². The molecule has 0 saturated heterocycles. The van der Waals surface area contributed by atoms with Gasteiger partial charge in [-0.15, -0.1) is 0 Å². The Balaban J connectivity index is 2.71. The summed E-state index contributed by atoms with van der Waals surface area (Å²) in [4.78, 5) is 0. The van der Waals surface area contributed by atoms with Crippen molar-refractivity contribution in [1.82, 2.24) is 5.16 Å². The van der Waals surface area contributed by atoms with Crippen molar-refractivity contribution in [2.45, 2.75) is 19.8 Å². The van der Waals surface area contributed by atoms with E-state index in [-0.39, 0.29) is 0 Å². The molecule has 3 heteroatoms. The zero-order valence-corrected chi connectivity index (χ0v) is 5.79. The Bertz CT molecular complexity index is 246. The van der Waals surface area contributed by atoms with Gasteiger partial charge in [0.15, 0.2) is 0 Å². The summed E-state index contributed by atoms with van der Waals surface area (Å²) in [5.41, 5.74) is 0.860. The first kappa shape index (κ1) is 6.81. The van der Waals surface area contributed by atoms with Gasteiger partial charge in [-0.2, -0.15) is 5.26 Å². The topological polar surface area (TPSA) is 49.8 Å². The largest absolute Gasteiger partial charge is 0.345 e. The van der Waals surface area contributed by atoms with Crippen molar-refractivity contribution >= 4 is 0 Å². The molecule has 10 heavy (non-hydrogen) atoms. The molecule has 0 saturated carbocycles. The van der Waals surface area contributed by atoms with Gasteiger partial charge in [-0.25, -0.2) is 0 Å². The van der Waals surface area contributed by atoms with E-state index < -0.39 is 0 Å². The quantitative estimate of drug-likeness (QED) is 0.619. The summed E-state index contributed by atoms with van der Waals surface area (Å²) < 4.78 is 4.66. The van der Waals surface area contributed by atoms with E-state index in [1.54, 1.807) is 6.07 Å². The lowest BCUT2D eigenvalue weighted by Crippen LogP contribution is -1.79. The summed E-state index contributed by atoms with van der Waals surface area (Å²) in [6.07, 6.45) is 1.91. The van der Waals surface area contributed by atoms with Crippen LogP contribution in [0.4, 0.5) is 0 Å². The summed E-state index contributed by atoms with van der Waals surface area (Å²) in [7, 11) is 0. The van der Waals surface area contributed by atoms with E-state index in [1.807, 2.05) is 6.07 Å². The molecule has 0 aliphatic rings. The smallest absolute Gasteiger partial charge is 0.236 e. The lowest BCUT2D eigenvalue weighted by Gasteiger charge is -1.82. The van der Waals surface area contributed by atoms with Gasteiger partial charge in [0, 0.05) is 6.07 Å². The van der Waals surface area contributed by atoms with Gasteiger partial charge in [0.1, 0.15) is 6.07 Å². The molecule has 0 unspecified atom stereocenters. The molecule has 1 rings (SSSR count). The van der Waals surface area contributed by atoms with E-state index in [2.05, 4.69) is 16.6 Å². The zero-order valence-electron chi connectivity index (χ0n) is 5.79. The predicted molar refractivity (Wildman–Crippen MR) is 35.2 cm³/mol. The number of aryl methyl sites for hydroxylation is 1. The molecule has 1 aromatic heterocycles. The molecule has 0 amide bonds. The molecule has 0 N–H and O–H groups in total. The van der Waals surface area contributed by atoms with E-state index in [1.165, 1.54) is 0 Å². The van der Waals surface area contributed by atoms with Crippen LogP contribution in [0.2, 0.25) is 0 Å². The maximum atomic E-state index is 8.34. The van der Waals surface area contributed by atoms with Crippen molar-refractivity contribution in [1.29, 1.82) is 5.26 Å². The van der Waals surface area contributed by atoms with Gasteiger partial charge in [-0.05, 0) is 6.42 Å². The van der Waals surface area contributed by atoms with Crippen LogP contribution in [0.1, 0.15) is 24.8 Å². The van der Waals surface area contributed by atoms with Gasteiger partial charge in [0.05, 0.1) is 5.69 Å². The lowest BCUT2D eigenvalue weighted by molar-refractivity contribution is 0.402. The van der Waals surface area contributed by atoms with Crippen LogP contribution in [0.5, 0.6) is 0 Å². The van der Waals surface area contributed by atoms with Crippen LogP contribution in [0.3, 0.4) is 0 Å². The second-order valence-corrected chi connectivity index (χ2v) is 2.04. The summed E-state index contributed by atoms with van der Waals surface area (Å²) in [6, 6.07) is 3.55. The molecule has 1 aromatic rings. The van der Waals surface area contributed by atoms with Crippen LogP contribution in [-0.4, -0.2) is 5.16 Å².